The van der Waals surface area contributed by atoms with Crippen LogP contribution in [0, 0.1) is 0 Å². The molecule has 2 amide bonds. The molecule has 1 aromatic heterocycles. The lowest BCUT2D eigenvalue weighted by Crippen LogP contribution is -2.20. The van der Waals surface area contributed by atoms with Gasteiger partial charge < -0.3 is 20.5 Å². The number of nitrogens with one attached hydrogen (secondary N) is 1. The van der Waals surface area contributed by atoms with E-state index in [0.717, 1.165) is 0 Å². The Bertz CT molecular complexity index is 1090. The van der Waals surface area contributed by atoms with Crippen LogP contribution in [0.5, 0.6) is 17.4 Å². The van der Waals surface area contributed by atoms with Crippen LogP contribution in [0.3, 0.4) is 0 Å². The van der Waals surface area contributed by atoms with Crippen molar-refractivity contribution in [3.8, 4) is 17.4 Å². The number of benzene rings is 2. The molecule has 30 heavy (non-hydrogen) atoms. The average molecular weight is 467 g/mol. The minimum Gasteiger partial charge on any atom is -0.482 e. The average Bonchev–Trinajstić information content (AvgIpc) is 2.71. The highest BCUT2D eigenvalue weighted by Crippen LogP contribution is 2.33. The Kier molecular flexibility index (Phi) is 6.99. The SMILES string of the molecule is NC(=O)c1cccc(Oc2ccc(NC(=O)COc3cc(Cl)c(Cl)cc3Cl)cn2)c1. The van der Waals surface area contributed by atoms with E-state index < -0.39 is 11.8 Å². The third kappa shape index (κ3) is 5.76. The Labute approximate surface area is 186 Å². The Balaban J connectivity index is 1.56. The van der Waals surface area contributed by atoms with Crippen LogP contribution in [0.25, 0.3) is 0 Å². The fourth-order valence-corrected chi connectivity index (χ4v) is 2.89. The van der Waals surface area contributed by atoms with Gasteiger partial charge >= 0.3 is 0 Å². The number of carbonyl (C=O) groups is 2. The maximum atomic E-state index is 12.1. The van der Waals surface area contributed by atoms with Gasteiger partial charge in [-0.05, 0) is 30.3 Å². The van der Waals surface area contributed by atoms with E-state index in [-0.39, 0.29) is 33.3 Å². The van der Waals surface area contributed by atoms with Gasteiger partial charge in [-0.3, -0.25) is 9.59 Å². The summed E-state index contributed by atoms with van der Waals surface area (Å²) < 4.78 is 10.9. The van der Waals surface area contributed by atoms with Gasteiger partial charge in [-0.2, -0.15) is 0 Å². The fourth-order valence-electron chi connectivity index (χ4n) is 2.30. The highest BCUT2D eigenvalue weighted by molar-refractivity contribution is 6.43. The number of hydrogen-bond acceptors (Lipinski definition) is 5. The Morgan fingerprint density at radius 1 is 1.00 bits per heavy atom. The molecule has 0 bridgehead atoms. The molecule has 0 aliphatic carbocycles. The molecule has 2 aromatic carbocycles. The van der Waals surface area contributed by atoms with Crippen LogP contribution < -0.4 is 20.5 Å². The number of ether oxygens (including phenoxy) is 2. The fraction of sp³-hybridized carbons (Fsp3) is 0.0500. The Morgan fingerprint density at radius 3 is 2.47 bits per heavy atom. The number of rotatable bonds is 7. The van der Waals surface area contributed by atoms with E-state index in [4.69, 9.17) is 50.0 Å². The highest BCUT2D eigenvalue weighted by atomic mass is 35.5. The molecule has 7 nitrogen and oxygen atoms in total. The second-order valence-electron chi connectivity index (χ2n) is 5.91. The molecule has 0 saturated heterocycles. The van der Waals surface area contributed by atoms with Crippen molar-refractivity contribution in [2.24, 2.45) is 5.73 Å². The van der Waals surface area contributed by atoms with Gasteiger partial charge in [0.05, 0.1) is 27.0 Å². The highest BCUT2D eigenvalue weighted by Gasteiger charge is 2.10. The van der Waals surface area contributed by atoms with Crippen LogP contribution in [-0.2, 0) is 4.79 Å². The van der Waals surface area contributed by atoms with Gasteiger partial charge in [0.2, 0.25) is 11.8 Å². The molecule has 10 heteroatoms. The van der Waals surface area contributed by atoms with E-state index in [1.165, 1.54) is 24.4 Å². The van der Waals surface area contributed by atoms with Crippen LogP contribution in [0.2, 0.25) is 15.1 Å². The van der Waals surface area contributed by atoms with Gasteiger partial charge in [-0.1, -0.05) is 40.9 Å². The van der Waals surface area contributed by atoms with Crippen molar-refractivity contribution in [1.29, 1.82) is 0 Å². The minimum absolute atomic E-state index is 0.237. The molecule has 0 aliphatic rings. The van der Waals surface area contributed by atoms with Crippen molar-refractivity contribution in [1.82, 2.24) is 4.98 Å². The van der Waals surface area contributed by atoms with E-state index >= 15 is 0 Å². The van der Waals surface area contributed by atoms with Gasteiger partial charge in [0.25, 0.3) is 5.91 Å². The van der Waals surface area contributed by atoms with Crippen LogP contribution >= 0.6 is 34.8 Å². The van der Waals surface area contributed by atoms with Crippen molar-refractivity contribution in [3.63, 3.8) is 0 Å². The van der Waals surface area contributed by atoms with E-state index in [9.17, 15) is 9.59 Å². The lowest BCUT2D eigenvalue weighted by Gasteiger charge is -2.10. The van der Waals surface area contributed by atoms with Gasteiger partial charge in [0.15, 0.2) is 6.61 Å². The first-order valence-electron chi connectivity index (χ1n) is 8.43. The van der Waals surface area contributed by atoms with Crippen molar-refractivity contribution >= 4 is 52.3 Å². The number of pyridine rings is 1. The van der Waals surface area contributed by atoms with Gasteiger partial charge in [0.1, 0.15) is 11.5 Å². The summed E-state index contributed by atoms with van der Waals surface area (Å²) in [5, 5.41) is 3.41. The van der Waals surface area contributed by atoms with Gasteiger partial charge in [-0.15, -0.1) is 0 Å². The lowest BCUT2D eigenvalue weighted by molar-refractivity contribution is -0.118. The molecule has 0 atom stereocenters. The van der Waals surface area contributed by atoms with Crippen LogP contribution in [0.15, 0.2) is 54.7 Å². The number of aromatic nitrogens is 1. The maximum Gasteiger partial charge on any atom is 0.262 e. The van der Waals surface area contributed by atoms with Crippen LogP contribution in [0.1, 0.15) is 10.4 Å². The topological polar surface area (TPSA) is 104 Å². The molecular formula is C20H14Cl3N3O4. The van der Waals surface area contributed by atoms with Gasteiger partial charge in [-0.25, -0.2) is 4.98 Å². The molecule has 3 aromatic rings. The normalized spacial score (nSPS) is 10.4. The number of anilines is 1. The number of nitrogens with two attached hydrogens (primary N) is 1. The summed E-state index contributed by atoms with van der Waals surface area (Å²) in [5.74, 6) is -0.0742. The summed E-state index contributed by atoms with van der Waals surface area (Å²) in [6.07, 6.45) is 1.41. The minimum atomic E-state index is -0.559. The zero-order valence-electron chi connectivity index (χ0n) is 15.2. The summed E-state index contributed by atoms with van der Waals surface area (Å²) in [6, 6.07) is 12.4. The van der Waals surface area contributed by atoms with E-state index in [0.29, 0.717) is 17.0 Å². The van der Waals surface area contributed by atoms with Crippen molar-refractivity contribution in [2.75, 3.05) is 11.9 Å². The zero-order chi connectivity index (χ0) is 21.7. The summed E-state index contributed by atoms with van der Waals surface area (Å²) in [7, 11) is 0. The predicted octanol–water partition coefficient (Wildman–Crippen LogP) is 4.95. The van der Waals surface area contributed by atoms with Crippen LogP contribution in [-0.4, -0.2) is 23.4 Å². The summed E-state index contributed by atoms with van der Waals surface area (Å²) in [5.41, 5.74) is 6.00. The molecule has 154 valence electrons. The summed E-state index contributed by atoms with van der Waals surface area (Å²) in [4.78, 5) is 27.4. The molecule has 0 spiro atoms. The van der Waals surface area contributed by atoms with Crippen molar-refractivity contribution in [2.45, 2.75) is 0 Å². The van der Waals surface area contributed by atoms with Crippen molar-refractivity contribution in [3.05, 3.63) is 75.4 Å². The number of primary amides is 1. The molecule has 1 heterocycles. The molecule has 3 rings (SSSR count). The number of carbonyl (C=O) groups excluding carboxylic acids is 2. The third-order valence-corrected chi connectivity index (χ3v) is 4.71. The second kappa shape index (κ2) is 9.67. The monoisotopic (exact) mass is 465 g/mol. The molecule has 0 unspecified atom stereocenters. The number of amides is 2. The Hall–Kier alpha value is -3.00. The molecule has 0 aliphatic heterocycles. The number of hydrogen-bond donors (Lipinski definition) is 2. The third-order valence-electron chi connectivity index (χ3n) is 3.69. The smallest absolute Gasteiger partial charge is 0.262 e. The Morgan fingerprint density at radius 2 is 1.77 bits per heavy atom. The lowest BCUT2D eigenvalue weighted by atomic mass is 10.2. The molecular weight excluding hydrogens is 453 g/mol. The molecule has 0 saturated carbocycles. The van der Waals surface area contributed by atoms with Crippen LogP contribution in [0.4, 0.5) is 5.69 Å². The first kappa shape index (κ1) is 21.7. The zero-order valence-corrected chi connectivity index (χ0v) is 17.5. The first-order valence-corrected chi connectivity index (χ1v) is 9.56. The second-order valence-corrected chi connectivity index (χ2v) is 7.13. The summed E-state index contributed by atoms with van der Waals surface area (Å²) >= 11 is 17.8. The standard InChI is InChI=1S/C20H14Cl3N3O4/c21-14-7-16(23)17(8-15(14)22)29-10-18(27)26-12-4-5-19(25-9-12)30-13-3-1-2-11(6-13)20(24)28/h1-9H,10H2,(H2,24,28)(H,26,27). The number of halogens is 3. The molecule has 3 N–H and O–H groups in total. The number of nitrogens with zero attached hydrogens (tertiary/aromatic N) is 1. The predicted molar refractivity (Wildman–Crippen MR) is 115 cm³/mol. The van der Waals surface area contributed by atoms with E-state index in [2.05, 4.69) is 10.3 Å². The van der Waals surface area contributed by atoms with E-state index in [1.807, 2.05) is 0 Å². The summed E-state index contributed by atoms with van der Waals surface area (Å²) in [6.45, 7) is -0.296. The first-order chi connectivity index (χ1) is 14.3. The van der Waals surface area contributed by atoms with E-state index in [1.54, 1.807) is 30.3 Å². The van der Waals surface area contributed by atoms with Crippen molar-refractivity contribution < 1.29 is 19.1 Å². The largest absolute Gasteiger partial charge is 0.482 e. The van der Waals surface area contributed by atoms with Gasteiger partial charge in [0, 0.05) is 17.7 Å². The molecule has 0 radical (unpaired) electrons. The molecule has 0 fully saturated rings. The quantitative estimate of drug-likeness (QED) is 0.479. The maximum absolute atomic E-state index is 12.1.